The third-order valence-electron chi connectivity index (χ3n) is 5.78. The lowest BCUT2D eigenvalue weighted by atomic mass is 9.97. The molecule has 6 rings (SSSR count). The number of nitrogens with zero attached hydrogens (tertiary/aromatic N) is 3. The van der Waals surface area contributed by atoms with Crippen molar-refractivity contribution in [2.45, 2.75) is 18.1 Å². The fraction of sp³-hybridized carbons (Fsp3) is 0.136. The van der Waals surface area contributed by atoms with Crippen LogP contribution in [0, 0.1) is 0 Å². The van der Waals surface area contributed by atoms with Gasteiger partial charge in [0, 0.05) is 29.3 Å². The van der Waals surface area contributed by atoms with Crippen molar-refractivity contribution in [1.29, 1.82) is 0 Å². The highest BCUT2D eigenvalue weighted by Crippen LogP contribution is 2.46. The zero-order valence-electron chi connectivity index (χ0n) is 16.8. The van der Waals surface area contributed by atoms with Crippen molar-refractivity contribution in [1.82, 2.24) is 25.7 Å². The predicted molar refractivity (Wildman–Crippen MR) is 118 cm³/mol. The Bertz CT molecular complexity index is 1440. The topological polar surface area (TPSA) is 89.7 Å². The molecule has 2 aliphatic heterocycles. The van der Waals surface area contributed by atoms with Crippen LogP contribution in [0.2, 0.25) is 0 Å². The van der Waals surface area contributed by atoms with Gasteiger partial charge in [-0.25, -0.2) is 0 Å². The quantitative estimate of drug-likeness (QED) is 0.396. The summed E-state index contributed by atoms with van der Waals surface area (Å²) in [5.74, 6) is -0.121. The minimum atomic E-state index is -4.53. The third-order valence-corrected chi connectivity index (χ3v) is 6.79. The molecule has 0 radical (unpaired) electrons. The molecule has 4 aromatic rings. The largest absolute Gasteiger partial charge is 0.435 e. The van der Waals surface area contributed by atoms with E-state index < -0.39 is 17.2 Å². The average molecular weight is 468 g/mol. The number of fused-ring (bicyclic) bond motifs is 2. The second kappa shape index (κ2) is 7.14. The first kappa shape index (κ1) is 19.9. The van der Waals surface area contributed by atoms with Crippen LogP contribution in [-0.4, -0.2) is 26.3 Å². The van der Waals surface area contributed by atoms with Gasteiger partial charge in [0.25, 0.3) is 5.91 Å². The van der Waals surface area contributed by atoms with Gasteiger partial charge in [-0.05, 0) is 40.8 Å². The smallest absolute Gasteiger partial charge is 0.348 e. The Labute approximate surface area is 189 Å². The Morgan fingerprint density at radius 3 is 2.79 bits per heavy atom. The van der Waals surface area contributed by atoms with Crippen LogP contribution in [0.3, 0.4) is 0 Å². The number of hydrogen-bond acceptors (Lipinski definition) is 5. The number of benzene rings is 2. The second-order valence-corrected chi connectivity index (χ2v) is 8.76. The number of aromatic amines is 2. The molecule has 3 N–H and O–H groups in total. The molecule has 4 heterocycles. The first-order chi connectivity index (χ1) is 15.9. The van der Waals surface area contributed by atoms with Crippen LogP contribution in [0.4, 0.5) is 18.9 Å². The number of carbonyl (C=O) groups excluding carboxylic acids is 1. The first-order valence-electron chi connectivity index (χ1n) is 10.00. The van der Waals surface area contributed by atoms with Gasteiger partial charge in [0.2, 0.25) is 0 Å². The maximum atomic E-state index is 13.1. The van der Waals surface area contributed by atoms with Crippen LogP contribution >= 0.6 is 11.8 Å². The van der Waals surface area contributed by atoms with E-state index in [1.165, 1.54) is 11.8 Å². The van der Waals surface area contributed by atoms with Gasteiger partial charge in [0.05, 0.1) is 23.1 Å². The second-order valence-electron chi connectivity index (χ2n) is 7.77. The van der Waals surface area contributed by atoms with Gasteiger partial charge in [-0.3, -0.25) is 15.0 Å². The molecule has 2 aromatic heterocycles. The minimum Gasteiger partial charge on any atom is -0.348 e. The fourth-order valence-electron chi connectivity index (χ4n) is 4.16. The van der Waals surface area contributed by atoms with E-state index in [1.807, 2.05) is 46.8 Å². The van der Waals surface area contributed by atoms with Crippen molar-refractivity contribution in [3.8, 4) is 11.1 Å². The number of halogens is 3. The van der Waals surface area contributed by atoms with E-state index in [0.717, 1.165) is 39.3 Å². The number of nitrogens with one attached hydrogen (secondary N) is 3. The summed E-state index contributed by atoms with van der Waals surface area (Å²) in [5.41, 5.74) is 4.14. The average Bonchev–Trinajstić information content (AvgIpc) is 3.57. The molecule has 0 aliphatic carbocycles. The molecule has 0 spiro atoms. The molecule has 2 aliphatic rings. The lowest BCUT2D eigenvalue weighted by Gasteiger charge is -2.26. The first-order valence-corrected chi connectivity index (χ1v) is 10.9. The Morgan fingerprint density at radius 1 is 1.09 bits per heavy atom. The Morgan fingerprint density at radius 2 is 1.97 bits per heavy atom. The molecule has 33 heavy (non-hydrogen) atoms. The molecule has 0 bridgehead atoms. The van der Waals surface area contributed by atoms with E-state index in [-0.39, 0.29) is 5.91 Å². The highest BCUT2D eigenvalue weighted by molar-refractivity contribution is 8.02. The van der Waals surface area contributed by atoms with Gasteiger partial charge < -0.3 is 10.2 Å². The van der Waals surface area contributed by atoms with E-state index in [1.54, 1.807) is 6.20 Å². The molecule has 166 valence electrons. The van der Waals surface area contributed by atoms with E-state index in [9.17, 15) is 18.0 Å². The maximum Gasteiger partial charge on any atom is 0.435 e. The number of thioether (sulfide) groups is 1. The van der Waals surface area contributed by atoms with Gasteiger partial charge in [0.1, 0.15) is 5.37 Å². The van der Waals surface area contributed by atoms with Gasteiger partial charge in [-0.1, -0.05) is 12.1 Å². The summed E-state index contributed by atoms with van der Waals surface area (Å²) < 4.78 is 39.3. The summed E-state index contributed by atoms with van der Waals surface area (Å²) in [6.07, 6.45) is -0.995. The summed E-state index contributed by atoms with van der Waals surface area (Å²) in [6, 6.07) is 10.6. The standard InChI is InChI=1S/C22H15F3N6OS/c23-22(24,25)19-8-17(29-30-19)21-31(3-4-33-21)18-7-16-13(10-27-28-16)6-14(18)11-1-2-12-9-26-20(32)15(12)5-11/h1-8,10,21H,9H2,(H,26,32)(H,27,28)(H,29,30). The number of rotatable bonds is 3. The van der Waals surface area contributed by atoms with Crippen molar-refractivity contribution in [3.05, 3.63) is 76.7 Å². The fourth-order valence-corrected chi connectivity index (χ4v) is 5.09. The van der Waals surface area contributed by atoms with Crippen molar-refractivity contribution in [3.63, 3.8) is 0 Å². The monoisotopic (exact) mass is 468 g/mol. The van der Waals surface area contributed by atoms with Crippen molar-refractivity contribution in [2.24, 2.45) is 0 Å². The van der Waals surface area contributed by atoms with Crippen molar-refractivity contribution in [2.75, 3.05) is 4.90 Å². The lowest BCUT2D eigenvalue weighted by Crippen LogP contribution is -2.18. The summed E-state index contributed by atoms with van der Waals surface area (Å²) in [6.45, 7) is 0.497. The third kappa shape index (κ3) is 3.27. The molecule has 0 saturated heterocycles. The Kier molecular flexibility index (Phi) is 4.31. The van der Waals surface area contributed by atoms with Gasteiger partial charge in [0.15, 0.2) is 5.69 Å². The van der Waals surface area contributed by atoms with E-state index in [2.05, 4.69) is 25.7 Å². The molecule has 11 heteroatoms. The Hall–Kier alpha value is -3.73. The van der Waals surface area contributed by atoms with Crippen LogP contribution in [0.1, 0.15) is 32.7 Å². The summed E-state index contributed by atoms with van der Waals surface area (Å²) in [7, 11) is 0. The van der Waals surface area contributed by atoms with E-state index >= 15 is 0 Å². The summed E-state index contributed by atoms with van der Waals surface area (Å²) in [4.78, 5) is 14.1. The van der Waals surface area contributed by atoms with Crippen LogP contribution in [0.15, 0.2) is 54.2 Å². The molecule has 2 aromatic carbocycles. The van der Waals surface area contributed by atoms with Gasteiger partial charge in [-0.2, -0.15) is 23.4 Å². The van der Waals surface area contributed by atoms with Crippen LogP contribution in [0.25, 0.3) is 22.0 Å². The molecular weight excluding hydrogens is 453 g/mol. The van der Waals surface area contributed by atoms with Crippen LogP contribution in [-0.2, 0) is 12.7 Å². The number of amides is 1. The number of hydrogen-bond donors (Lipinski definition) is 3. The number of anilines is 1. The normalized spacial score (nSPS) is 17.7. The molecule has 7 nitrogen and oxygen atoms in total. The number of alkyl halides is 3. The van der Waals surface area contributed by atoms with Gasteiger partial charge >= 0.3 is 6.18 Å². The predicted octanol–water partition coefficient (Wildman–Crippen LogP) is 4.94. The minimum absolute atomic E-state index is 0.121. The highest BCUT2D eigenvalue weighted by atomic mass is 32.2. The Balaban J connectivity index is 1.48. The number of carbonyl (C=O) groups is 1. The molecule has 1 unspecified atom stereocenters. The van der Waals surface area contributed by atoms with Crippen LogP contribution in [0.5, 0.6) is 0 Å². The molecule has 0 saturated carbocycles. The molecule has 1 amide bonds. The zero-order valence-corrected chi connectivity index (χ0v) is 17.6. The van der Waals surface area contributed by atoms with Crippen molar-refractivity contribution < 1.29 is 18.0 Å². The molecule has 1 atom stereocenters. The summed E-state index contributed by atoms with van der Waals surface area (Å²) >= 11 is 1.37. The maximum absolute atomic E-state index is 13.1. The van der Waals surface area contributed by atoms with E-state index in [4.69, 9.17) is 0 Å². The van der Waals surface area contributed by atoms with Crippen molar-refractivity contribution >= 4 is 34.3 Å². The SMILES string of the molecule is O=C1NCc2ccc(-c3cc4cn[nH]c4cc3N3C=CSC3c3cc(C(F)(F)F)n[nH]3)cc21. The number of H-pyrrole nitrogens is 2. The van der Waals surface area contributed by atoms with Gasteiger partial charge in [-0.15, -0.1) is 11.8 Å². The van der Waals surface area contributed by atoms with Crippen LogP contribution < -0.4 is 10.2 Å². The molecular formula is C22H15F3N6OS. The van der Waals surface area contributed by atoms with E-state index in [0.29, 0.717) is 17.8 Å². The number of aromatic nitrogens is 4. The summed E-state index contributed by atoms with van der Waals surface area (Å²) in [5, 5.41) is 18.1. The highest BCUT2D eigenvalue weighted by Gasteiger charge is 2.36. The zero-order chi connectivity index (χ0) is 22.7. The lowest BCUT2D eigenvalue weighted by molar-refractivity contribution is -0.141. The molecule has 0 fully saturated rings.